The summed E-state index contributed by atoms with van der Waals surface area (Å²) in [5.41, 5.74) is 3.38. The minimum Gasteiger partial charge on any atom is -0.496 e. The summed E-state index contributed by atoms with van der Waals surface area (Å²) in [6, 6.07) is 7.97. The van der Waals surface area contributed by atoms with E-state index in [1.807, 2.05) is 5.43 Å². The number of nitrogen functional groups attached to an aromatic ring is 1. The molecule has 0 radical (unpaired) electrons. The average Bonchev–Trinajstić information content (AvgIpc) is 2.58. The second-order valence-corrected chi connectivity index (χ2v) is 6.89. The van der Waals surface area contributed by atoms with E-state index in [4.69, 9.17) is 10.6 Å². The quantitative estimate of drug-likeness (QED) is 0.449. The number of pyridine rings is 1. The molecule has 3 N–H and O–H groups in total. The van der Waals surface area contributed by atoms with E-state index in [1.165, 1.54) is 23.7 Å². The molecule has 0 unspecified atom stereocenters. The first kappa shape index (κ1) is 17.7. The number of anilines is 1. The lowest BCUT2D eigenvalue weighted by molar-refractivity contribution is 0.0953. The van der Waals surface area contributed by atoms with Crippen LogP contribution in [0.15, 0.2) is 42.7 Å². The Labute approximate surface area is 140 Å². The molecular weight excluding hydrogens is 332 g/mol. The number of hydrogen-bond donors (Lipinski definition) is 2. The number of nitrogens with two attached hydrogens (primary N) is 1. The number of rotatable bonds is 6. The molecule has 2 rings (SSSR count). The Morgan fingerprint density at radius 1 is 1.38 bits per heavy atom. The third-order valence-corrected chi connectivity index (χ3v) is 4.47. The van der Waals surface area contributed by atoms with Gasteiger partial charge in [-0.3, -0.25) is 19.5 Å². The van der Waals surface area contributed by atoms with Crippen LogP contribution in [0.5, 0.6) is 5.75 Å². The number of sulfonamides is 1. The summed E-state index contributed by atoms with van der Waals surface area (Å²) in [4.78, 5) is 15.5. The van der Waals surface area contributed by atoms with Gasteiger partial charge in [-0.2, -0.15) is 0 Å². The summed E-state index contributed by atoms with van der Waals surface area (Å²) in [6.45, 7) is 0.0399. The molecule has 1 aromatic carbocycles. The fourth-order valence-electron chi connectivity index (χ4n) is 2.16. The third kappa shape index (κ3) is 4.00. The molecule has 1 amide bonds. The standard InChI is InChI=1S/C15H18N4O4S/c1-23-14-8-11(15(20)18-16)5-6-12(14)10-19(24(2,21)22)13-4-3-7-17-9-13/h3-9H,10,16H2,1-2H3,(H,18,20). The number of carbonyl (C=O) groups is 1. The number of aromatic nitrogens is 1. The number of carbonyl (C=O) groups excluding carboxylic acids is 1. The van der Waals surface area contributed by atoms with Gasteiger partial charge in [0, 0.05) is 17.3 Å². The first-order chi connectivity index (χ1) is 11.4. The van der Waals surface area contributed by atoms with Gasteiger partial charge in [0.1, 0.15) is 5.75 Å². The zero-order valence-electron chi connectivity index (χ0n) is 13.3. The van der Waals surface area contributed by atoms with Crippen molar-refractivity contribution >= 4 is 21.6 Å². The molecule has 0 atom stereocenters. The minimum atomic E-state index is -3.53. The van der Waals surface area contributed by atoms with Gasteiger partial charge in [-0.1, -0.05) is 6.07 Å². The molecule has 1 aromatic heterocycles. The van der Waals surface area contributed by atoms with Crippen LogP contribution in [0.3, 0.4) is 0 Å². The van der Waals surface area contributed by atoms with Crippen molar-refractivity contribution in [1.29, 1.82) is 0 Å². The Morgan fingerprint density at radius 3 is 2.67 bits per heavy atom. The second-order valence-electron chi connectivity index (χ2n) is 4.98. The molecule has 128 valence electrons. The van der Waals surface area contributed by atoms with Crippen molar-refractivity contribution in [3.05, 3.63) is 53.9 Å². The molecule has 8 nitrogen and oxygen atoms in total. The second kappa shape index (κ2) is 7.28. The number of methoxy groups -OCH3 is 1. The molecule has 1 heterocycles. The molecule has 0 saturated carbocycles. The molecular formula is C15H18N4O4S. The maximum absolute atomic E-state index is 12.1. The third-order valence-electron chi connectivity index (χ3n) is 3.33. The largest absolute Gasteiger partial charge is 0.496 e. The van der Waals surface area contributed by atoms with Gasteiger partial charge in [0.2, 0.25) is 10.0 Å². The molecule has 0 spiro atoms. The number of hydrogen-bond acceptors (Lipinski definition) is 6. The van der Waals surface area contributed by atoms with Crippen molar-refractivity contribution in [2.24, 2.45) is 5.84 Å². The van der Waals surface area contributed by atoms with Crippen LogP contribution < -0.4 is 20.3 Å². The molecule has 2 aromatic rings. The van der Waals surface area contributed by atoms with Gasteiger partial charge < -0.3 is 4.74 Å². The Hall–Kier alpha value is -2.65. The SMILES string of the molecule is COc1cc(C(=O)NN)ccc1CN(c1cccnc1)S(C)(=O)=O. The number of ether oxygens (including phenoxy) is 1. The zero-order valence-corrected chi connectivity index (χ0v) is 14.1. The van der Waals surface area contributed by atoms with Crippen LogP contribution in [0, 0.1) is 0 Å². The van der Waals surface area contributed by atoms with Crippen molar-refractivity contribution in [3.8, 4) is 5.75 Å². The Kier molecular flexibility index (Phi) is 5.37. The van der Waals surface area contributed by atoms with E-state index in [1.54, 1.807) is 30.5 Å². The van der Waals surface area contributed by atoms with Crippen molar-refractivity contribution in [2.75, 3.05) is 17.7 Å². The Morgan fingerprint density at radius 2 is 2.12 bits per heavy atom. The van der Waals surface area contributed by atoms with Gasteiger partial charge in [-0.25, -0.2) is 14.3 Å². The summed E-state index contributed by atoms with van der Waals surface area (Å²) in [6.07, 6.45) is 4.14. The lowest BCUT2D eigenvalue weighted by atomic mass is 10.1. The maximum Gasteiger partial charge on any atom is 0.265 e. The number of nitrogens with zero attached hydrogens (tertiary/aromatic N) is 2. The number of amides is 1. The van der Waals surface area contributed by atoms with Crippen molar-refractivity contribution < 1.29 is 17.9 Å². The van der Waals surface area contributed by atoms with Crippen LogP contribution in [0.1, 0.15) is 15.9 Å². The molecule has 0 fully saturated rings. The van der Waals surface area contributed by atoms with E-state index in [0.29, 0.717) is 22.6 Å². The van der Waals surface area contributed by atoms with Crippen molar-refractivity contribution in [1.82, 2.24) is 10.4 Å². The van der Waals surface area contributed by atoms with E-state index in [2.05, 4.69) is 4.98 Å². The van der Waals surface area contributed by atoms with Crippen molar-refractivity contribution in [2.45, 2.75) is 6.54 Å². The van der Waals surface area contributed by atoms with Crippen LogP contribution in [0.4, 0.5) is 5.69 Å². The molecule has 0 saturated heterocycles. The molecule has 9 heteroatoms. The predicted molar refractivity (Wildman–Crippen MR) is 89.9 cm³/mol. The first-order valence-electron chi connectivity index (χ1n) is 6.92. The molecule has 0 aliphatic heterocycles. The lowest BCUT2D eigenvalue weighted by Crippen LogP contribution is -2.30. The van der Waals surface area contributed by atoms with Crippen LogP contribution in [-0.4, -0.2) is 32.7 Å². The highest BCUT2D eigenvalue weighted by Gasteiger charge is 2.20. The Bertz CT molecular complexity index is 825. The van der Waals surface area contributed by atoms with Gasteiger partial charge in [-0.05, 0) is 24.3 Å². The predicted octanol–water partition coefficient (Wildman–Crippen LogP) is 0.660. The van der Waals surface area contributed by atoms with E-state index in [-0.39, 0.29) is 6.54 Å². The maximum atomic E-state index is 12.1. The Balaban J connectivity index is 2.41. The highest BCUT2D eigenvalue weighted by atomic mass is 32.2. The highest BCUT2D eigenvalue weighted by Crippen LogP contribution is 2.26. The number of benzene rings is 1. The lowest BCUT2D eigenvalue weighted by Gasteiger charge is -2.23. The molecule has 0 aliphatic carbocycles. The van der Waals surface area contributed by atoms with Crippen LogP contribution in [0.2, 0.25) is 0 Å². The zero-order chi connectivity index (χ0) is 17.7. The van der Waals surface area contributed by atoms with Gasteiger partial charge in [0.25, 0.3) is 5.91 Å². The van der Waals surface area contributed by atoms with Gasteiger partial charge in [0.15, 0.2) is 0 Å². The highest BCUT2D eigenvalue weighted by molar-refractivity contribution is 7.92. The van der Waals surface area contributed by atoms with Gasteiger partial charge in [0.05, 0.1) is 31.8 Å². The van der Waals surface area contributed by atoms with E-state index in [9.17, 15) is 13.2 Å². The van der Waals surface area contributed by atoms with Crippen molar-refractivity contribution in [3.63, 3.8) is 0 Å². The summed E-state index contributed by atoms with van der Waals surface area (Å²) >= 11 is 0. The molecule has 0 bridgehead atoms. The fraction of sp³-hybridized carbons (Fsp3) is 0.200. The topological polar surface area (TPSA) is 115 Å². The number of hydrazine groups is 1. The average molecular weight is 350 g/mol. The smallest absolute Gasteiger partial charge is 0.265 e. The fourth-order valence-corrected chi connectivity index (χ4v) is 3.02. The number of nitrogens with one attached hydrogen (secondary N) is 1. The normalized spacial score (nSPS) is 11.0. The van der Waals surface area contributed by atoms with Crippen LogP contribution in [-0.2, 0) is 16.6 Å². The summed E-state index contributed by atoms with van der Waals surface area (Å²) < 4.78 is 30.7. The minimum absolute atomic E-state index is 0.0399. The summed E-state index contributed by atoms with van der Waals surface area (Å²) in [5.74, 6) is 5.03. The van der Waals surface area contributed by atoms with E-state index >= 15 is 0 Å². The monoisotopic (exact) mass is 350 g/mol. The first-order valence-corrected chi connectivity index (χ1v) is 8.77. The molecule has 0 aliphatic rings. The summed E-state index contributed by atoms with van der Waals surface area (Å²) in [7, 11) is -2.09. The van der Waals surface area contributed by atoms with Crippen LogP contribution in [0.25, 0.3) is 0 Å². The molecule has 24 heavy (non-hydrogen) atoms. The van der Waals surface area contributed by atoms with E-state index in [0.717, 1.165) is 6.26 Å². The van der Waals surface area contributed by atoms with E-state index < -0.39 is 15.9 Å². The van der Waals surface area contributed by atoms with Crippen LogP contribution >= 0.6 is 0 Å². The summed E-state index contributed by atoms with van der Waals surface area (Å²) in [5, 5.41) is 0. The van der Waals surface area contributed by atoms with Gasteiger partial charge >= 0.3 is 0 Å². The van der Waals surface area contributed by atoms with Gasteiger partial charge in [-0.15, -0.1) is 0 Å².